The largest absolute Gasteiger partial charge is 0.453 e. The van der Waals surface area contributed by atoms with Crippen LogP contribution in [0.5, 0.6) is 5.75 Å². The van der Waals surface area contributed by atoms with E-state index in [0.29, 0.717) is 5.92 Å². The number of nitrogens with one attached hydrogen (secondary N) is 1. The minimum atomic E-state index is 0.333. The summed E-state index contributed by atoms with van der Waals surface area (Å²) in [6.45, 7) is 4.38. The van der Waals surface area contributed by atoms with Gasteiger partial charge in [0.25, 0.3) is 0 Å². The SMILES string of the molecule is Cc1ccc(N(c2ccc(N)cc2)c2cccc(Nc3ccc(N4C5=C(C=CCC5C)Oc5ccccc54)cc3)c2-c2ccccc2)cc1. The van der Waals surface area contributed by atoms with Crippen LogP contribution in [0.3, 0.4) is 0 Å². The molecular weight excluding hydrogens is 601 g/mol. The predicted molar refractivity (Wildman–Crippen MR) is 205 cm³/mol. The van der Waals surface area contributed by atoms with Crippen molar-refractivity contribution in [1.82, 2.24) is 0 Å². The highest BCUT2D eigenvalue weighted by Gasteiger charge is 2.31. The van der Waals surface area contributed by atoms with Gasteiger partial charge in [0.1, 0.15) is 5.76 Å². The highest BCUT2D eigenvalue weighted by molar-refractivity contribution is 5.96. The summed E-state index contributed by atoms with van der Waals surface area (Å²) in [5.41, 5.74) is 18.8. The highest BCUT2D eigenvalue weighted by Crippen LogP contribution is 2.48. The smallest absolute Gasteiger partial charge is 0.151 e. The van der Waals surface area contributed by atoms with E-state index in [1.54, 1.807) is 0 Å². The maximum atomic E-state index is 6.35. The lowest BCUT2D eigenvalue weighted by molar-refractivity contribution is 0.408. The number of benzene rings is 6. The van der Waals surface area contributed by atoms with Gasteiger partial charge in [0.15, 0.2) is 5.75 Å². The number of hydrogen-bond donors (Lipinski definition) is 2. The van der Waals surface area contributed by atoms with Crippen LogP contribution in [-0.4, -0.2) is 0 Å². The lowest BCUT2D eigenvalue weighted by atomic mass is 9.94. The van der Waals surface area contributed by atoms with Crippen LogP contribution in [0.4, 0.5) is 45.5 Å². The molecule has 3 N–H and O–H groups in total. The molecule has 1 heterocycles. The number of para-hydroxylation sites is 2. The van der Waals surface area contributed by atoms with Gasteiger partial charge < -0.3 is 25.6 Å². The number of rotatable bonds is 7. The molecule has 1 unspecified atom stereocenters. The zero-order valence-electron chi connectivity index (χ0n) is 27.7. The molecule has 5 heteroatoms. The van der Waals surface area contributed by atoms with Gasteiger partial charge in [-0.15, -0.1) is 0 Å². The number of hydrogen-bond acceptors (Lipinski definition) is 5. The molecule has 0 aromatic heterocycles. The minimum Gasteiger partial charge on any atom is -0.453 e. The zero-order valence-corrected chi connectivity index (χ0v) is 27.7. The Bertz CT molecular complexity index is 2120. The summed E-state index contributed by atoms with van der Waals surface area (Å²) in [6, 6.07) is 50.8. The van der Waals surface area contributed by atoms with Crippen LogP contribution in [0.1, 0.15) is 18.9 Å². The minimum absolute atomic E-state index is 0.333. The number of nitrogen functional groups attached to an aromatic ring is 1. The van der Waals surface area contributed by atoms with Gasteiger partial charge in [-0.05, 0) is 110 Å². The van der Waals surface area contributed by atoms with Crippen molar-refractivity contribution in [3.8, 4) is 16.9 Å². The Hall–Kier alpha value is -6.20. The van der Waals surface area contributed by atoms with Crippen molar-refractivity contribution in [2.45, 2.75) is 20.3 Å². The third-order valence-electron chi connectivity index (χ3n) is 9.24. The van der Waals surface area contributed by atoms with E-state index in [-0.39, 0.29) is 0 Å². The van der Waals surface area contributed by atoms with Gasteiger partial charge in [-0.25, -0.2) is 0 Å². The molecule has 0 saturated carbocycles. The maximum Gasteiger partial charge on any atom is 0.151 e. The standard InChI is InChI=1S/C44H38N4O/c1-30-18-24-35(25-19-30)47(36-26-20-33(45)21-27-36)40-15-9-13-38(43(40)32-11-4-3-5-12-32)46-34-22-28-37(29-23-34)48-39-14-6-7-16-41(39)49-42-17-8-10-31(2)44(42)48/h3-9,11-29,31,46H,10,45H2,1-2H3. The van der Waals surface area contributed by atoms with Crippen LogP contribution in [-0.2, 0) is 0 Å². The molecule has 6 aromatic rings. The van der Waals surface area contributed by atoms with E-state index >= 15 is 0 Å². The van der Waals surface area contributed by atoms with Crippen molar-refractivity contribution in [3.05, 3.63) is 175 Å². The third-order valence-corrected chi connectivity index (χ3v) is 9.24. The number of fused-ring (bicyclic) bond motifs is 1. The summed E-state index contributed by atoms with van der Waals surface area (Å²) in [6.07, 6.45) is 5.29. The number of aryl methyl sites for hydroxylation is 1. The Kier molecular flexibility index (Phi) is 7.86. The molecule has 0 spiro atoms. The third kappa shape index (κ3) is 5.80. The zero-order chi connectivity index (χ0) is 33.3. The molecule has 1 aliphatic heterocycles. The van der Waals surface area contributed by atoms with Crippen molar-refractivity contribution in [1.29, 1.82) is 0 Å². The summed E-state index contributed by atoms with van der Waals surface area (Å²) in [4.78, 5) is 4.66. The van der Waals surface area contributed by atoms with Gasteiger partial charge >= 0.3 is 0 Å². The van der Waals surface area contributed by atoms with Crippen LogP contribution in [0.15, 0.2) is 169 Å². The average Bonchev–Trinajstić information content (AvgIpc) is 3.13. The predicted octanol–water partition coefficient (Wildman–Crippen LogP) is 11.8. The first-order valence-corrected chi connectivity index (χ1v) is 16.8. The summed E-state index contributed by atoms with van der Waals surface area (Å²) in [5, 5.41) is 3.79. The quantitative estimate of drug-likeness (QED) is 0.170. The fraction of sp³-hybridized carbons (Fsp3) is 0.0909. The van der Waals surface area contributed by atoms with Gasteiger partial charge in [-0.3, -0.25) is 0 Å². The molecule has 5 nitrogen and oxygen atoms in total. The lowest BCUT2D eigenvalue weighted by Gasteiger charge is -2.38. The van der Waals surface area contributed by atoms with E-state index in [0.717, 1.165) is 74.6 Å². The molecule has 0 fully saturated rings. The number of ether oxygens (including phenoxy) is 1. The number of nitrogens with two attached hydrogens (primary N) is 1. The first-order valence-electron chi connectivity index (χ1n) is 16.8. The van der Waals surface area contributed by atoms with E-state index in [2.05, 4.69) is 162 Å². The van der Waals surface area contributed by atoms with Gasteiger partial charge in [-0.2, -0.15) is 0 Å². The van der Waals surface area contributed by atoms with Crippen LogP contribution in [0.2, 0.25) is 0 Å². The maximum absolute atomic E-state index is 6.35. The van der Waals surface area contributed by atoms with E-state index in [1.807, 2.05) is 24.3 Å². The molecule has 0 amide bonds. The van der Waals surface area contributed by atoms with Crippen LogP contribution in [0, 0.1) is 12.8 Å². The summed E-state index contributed by atoms with van der Waals surface area (Å²) >= 11 is 0. The Morgan fingerprint density at radius 1 is 0.735 bits per heavy atom. The van der Waals surface area contributed by atoms with E-state index in [9.17, 15) is 0 Å². The molecule has 8 rings (SSSR count). The summed E-state index contributed by atoms with van der Waals surface area (Å²) < 4.78 is 6.35. The molecule has 49 heavy (non-hydrogen) atoms. The Morgan fingerprint density at radius 3 is 2.18 bits per heavy atom. The van der Waals surface area contributed by atoms with Crippen molar-refractivity contribution in [2.24, 2.45) is 5.92 Å². The Morgan fingerprint density at radius 2 is 1.43 bits per heavy atom. The second-order valence-electron chi connectivity index (χ2n) is 12.7. The van der Waals surface area contributed by atoms with Gasteiger partial charge in [0.05, 0.1) is 17.1 Å². The monoisotopic (exact) mass is 638 g/mol. The fourth-order valence-electron chi connectivity index (χ4n) is 6.82. The molecule has 6 aromatic carbocycles. The highest BCUT2D eigenvalue weighted by atomic mass is 16.5. The topological polar surface area (TPSA) is 53.8 Å². The van der Waals surface area contributed by atoms with Crippen molar-refractivity contribution >= 4 is 45.5 Å². The average molecular weight is 639 g/mol. The molecule has 0 radical (unpaired) electrons. The molecule has 2 aliphatic rings. The molecule has 1 aliphatic carbocycles. The molecule has 1 atom stereocenters. The van der Waals surface area contributed by atoms with E-state index in [1.165, 1.54) is 11.3 Å². The second-order valence-corrected chi connectivity index (χ2v) is 12.7. The van der Waals surface area contributed by atoms with E-state index in [4.69, 9.17) is 10.5 Å². The molecule has 240 valence electrons. The Labute approximate surface area is 288 Å². The van der Waals surface area contributed by atoms with Crippen molar-refractivity contribution in [2.75, 3.05) is 20.9 Å². The van der Waals surface area contributed by atoms with Crippen molar-refractivity contribution in [3.63, 3.8) is 0 Å². The Balaban J connectivity index is 1.21. The van der Waals surface area contributed by atoms with Gasteiger partial charge in [0.2, 0.25) is 0 Å². The number of nitrogens with zero attached hydrogens (tertiary/aromatic N) is 2. The molecule has 0 saturated heterocycles. The second kappa shape index (κ2) is 12.8. The van der Waals surface area contributed by atoms with Gasteiger partial charge in [-0.1, -0.05) is 79.2 Å². The fourth-order valence-corrected chi connectivity index (χ4v) is 6.82. The lowest BCUT2D eigenvalue weighted by Crippen LogP contribution is -2.29. The summed E-state index contributed by atoms with van der Waals surface area (Å²) in [5.74, 6) is 2.12. The first kappa shape index (κ1) is 30.2. The van der Waals surface area contributed by atoms with E-state index < -0.39 is 0 Å². The van der Waals surface area contributed by atoms with Crippen LogP contribution >= 0.6 is 0 Å². The molecular formula is C44H38N4O. The first-order chi connectivity index (χ1) is 24.0. The normalized spacial score (nSPS) is 14.9. The van der Waals surface area contributed by atoms with Crippen molar-refractivity contribution < 1.29 is 4.74 Å². The number of anilines is 8. The molecule has 0 bridgehead atoms. The van der Waals surface area contributed by atoms with Crippen LogP contribution in [0.25, 0.3) is 11.1 Å². The van der Waals surface area contributed by atoms with Crippen LogP contribution < -0.4 is 25.6 Å². The number of allylic oxidation sites excluding steroid dienone is 3. The van der Waals surface area contributed by atoms with Gasteiger partial charge in [0, 0.05) is 45.6 Å². The summed E-state index contributed by atoms with van der Waals surface area (Å²) in [7, 11) is 0.